The quantitative estimate of drug-likeness (QED) is 0.607. The molecule has 2 aromatic rings. The Hall–Kier alpha value is -3.34. The van der Waals surface area contributed by atoms with Crippen LogP contribution in [0.15, 0.2) is 36.4 Å². The molecule has 1 atom stereocenters. The Balaban J connectivity index is 0.000000221. The molecule has 150 valence electrons. The van der Waals surface area contributed by atoms with Gasteiger partial charge in [0.1, 0.15) is 11.5 Å². The Bertz CT molecular complexity index is 857. The van der Waals surface area contributed by atoms with Gasteiger partial charge in [-0.25, -0.2) is 0 Å². The number of benzene rings is 2. The van der Waals surface area contributed by atoms with Gasteiger partial charge in [0.15, 0.2) is 6.29 Å². The first kappa shape index (κ1) is 21.0. The lowest BCUT2D eigenvalue weighted by molar-refractivity contribution is -0.387. The zero-order chi connectivity index (χ0) is 20.7. The van der Waals surface area contributed by atoms with E-state index in [1.807, 2.05) is 0 Å². The minimum atomic E-state index is -1.03. The first-order valence-corrected chi connectivity index (χ1v) is 8.13. The monoisotopic (exact) mass is 398 g/mol. The van der Waals surface area contributed by atoms with Crippen LogP contribution in [0.2, 0.25) is 0 Å². The van der Waals surface area contributed by atoms with Crippen LogP contribution in [0.5, 0.6) is 11.5 Å². The van der Waals surface area contributed by atoms with Crippen LogP contribution in [0.3, 0.4) is 0 Å². The van der Waals surface area contributed by atoms with Crippen molar-refractivity contribution in [3.05, 3.63) is 68.3 Å². The van der Waals surface area contributed by atoms with Gasteiger partial charge in [0.25, 0.3) is 0 Å². The largest absolute Gasteiger partial charge is 0.508 e. The molecule has 1 N–H and O–H groups in total. The van der Waals surface area contributed by atoms with E-state index in [-0.39, 0.29) is 17.8 Å². The van der Waals surface area contributed by atoms with Gasteiger partial charge in [-0.05, 0) is 25.0 Å². The van der Waals surface area contributed by atoms with E-state index < -0.39 is 32.9 Å². The summed E-state index contributed by atoms with van der Waals surface area (Å²) in [6.45, 7) is 0.625. The highest BCUT2D eigenvalue weighted by Gasteiger charge is 2.18. The number of ether oxygens (including phenoxy) is 2. The second kappa shape index (κ2) is 9.55. The van der Waals surface area contributed by atoms with E-state index in [0.29, 0.717) is 12.7 Å². The molecule has 1 heterocycles. The molecule has 0 radical (unpaired) electrons. The fourth-order valence-electron chi connectivity index (χ4n) is 2.31. The standard InChI is InChI=1S/C11H12FNO4.C6H4FNO3/c12-9-7-8(4-5-10(9)13(14)15)17-11-3-1-2-6-16-11;7-5-3-4(9)1-2-6(5)8(10)11/h4-5,7,11H,1-3,6H2;1-3,9H. The smallest absolute Gasteiger partial charge is 0.305 e. The molecular weight excluding hydrogens is 382 g/mol. The molecule has 0 amide bonds. The first-order chi connectivity index (χ1) is 13.3. The topological polar surface area (TPSA) is 125 Å². The van der Waals surface area contributed by atoms with E-state index in [0.717, 1.165) is 43.5 Å². The van der Waals surface area contributed by atoms with Gasteiger partial charge >= 0.3 is 11.4 Å². The SMILES string of the molecule is O=[N+]([O-])c1ccc(O)cc1F.O=[N+]([O-])c1ccc(OC2CCCCO2)cc1F. The van der Waals surface area contributed by atoms with Crippen LogP contribution in [0.25, 0.3) is 0 Å². The molecule has 0 saturated carbocycles. The molecule has 0 bridgehead atoms. The van der Waals surface area contributed by atoms with Gasteiger partial charge in [-0.1, -0.05) is 0 Å². The molecule has 3 rings (SSSR count). The molecule has 1 fully saturated rings. The summed E-state index contributed by atoms with van der Waals surface area (Å²) in [5, 5.41) is 29.1. The van der Waals surface area contributed by atoms with Gasteiger partial charge in [0.2, 0.25) is 11.6 Å². The molecule has 28 heavy (non-hydrogen) atoms. The van der Waals surface area contributed by atoms with Crippen LogP contribution in [0, 0.1) is 31.9 Å². The van der Waals surface area contributed by atoms with E-state index in [9.17, 15) is 29.0 Å². The van der Waals surface area contributed by atoms with Crippen LogP contribution in [0.1, 0.15) is 19.3 Å². The number of hydrogen-bond acceptors (Lipinski definition) is 7. The third kappa shape index (κ3) is 5.84. The second-order valence-electron chi connectivity index (χ2n) is 5.68. The second-order valence-corrected chi connectivity index (χ2v) is 5.68. The van der Waals surface area contributed by atoms with E-state index in [2.05, 4.69) is 0 Å². The Morgan fingerprint density at radius 3 is 2.11 bits per heavy atom. The highest BCUT2D eigenvalue weighted by Crippen LogP contribution is 2.25. The van der Waals surface area contributed by atoms with Crippen molar-refractivity contribution >= 4 is 11.4 Å². The molecule has 9 nitrogen and oxygen atoms in total. The summed E-state index contributed by atoms with van der Waals surface area (Å²) >= 11 is 0. The lowest BCUT2D eigenvalue weighted by Gasteiger charge is -2.23. The van der Waals surface area contributed by atoms with Crippen LogP contribution < -0.4 is 4.74 Å². The first-order valence-electron chi connectivity index (χ1n) is 8.13. The zero-order valence-electron chi connectivity index (χ0n) is 14.4. The van der Waals surface area contributed by atoms with Crippen molar-refractivity contribution in [2.75, 3.05) is 6.61 Å². The van der Waals surface area contributed by atoms with Crippen LogP contribution in [0.4, 0.5) is 20.2 Å². The number of nitro benzene ring substituents is 2. The number of hydrogen-bond donors (Lipinski definition) is 1. The predicted octanol–water partition coefficient (Wildman–Crippen LogP) is 4.08. The van der Waals surface area contributed by atoms with Crippen LogP contribution >= 0.6 is 0 Å². The van der Waals surface area contributed by atoms with Crippen molar-refractivity contribution in [3.8, 4) is 11.5 Å². The van der Waals surface area contributed by atoms with E-state index in [1.165, 1.54) is 6.07 Å². The van der Waals surface area contributed by atoms with Gasteiger partial charge in [-0.3, -0.25) is 20.2 Å². The lowest BCUT2D eigenvalue weighted by Crippen LogP contribution is -2.25. The number of rotatable bonds is 4. The molecule has 1 aliphatic rings. The average molecular weight is 398 g/mol. The summed E-state index contributed by atoms with van der Waals surface area (Å²) in [5.74, 6) is -2.01. The van der Waals surface area contributed by atoms with Crippen molar-refractivity contribution in [3.63, 3.8) is 0 Å². The van der Waals surface area contributed by atoms with Crippen molar-refractivity contribution in [2.24, 2.45) is 0 Å². The summed E-state index contributed by atoms with van der Waals surface area (Å²) in [7, 11) is 0. The summed E-state index contributed by atoms with van der Waals surface area (Å²) in [6.07, 6.45) is 2.36. The molecule has 0 spiro atoms. The van der Waals surface area contributed by atoms with E-state index in [1.54, 1.807) is 0 Å². The summed E-state index contributed by atoms with van der Waals surface area (Å²) in [5.41, 5.74) is -1.19. The third-order valence-corrected chi connectivity index (χ3v) is 3.65. The highest BCUT2D eigenvalue weighted by atomic mass is 19.1. The Morgan fingerprint density at radius 2 is 1.61 bits per heavy atom. The fourth-order valence-corrected chi connectivity index (χ4v) is 2.31. The maximum atomic E-state index is 13.3. The number of nitrogens with zero attached hydrogens (tertiary/aromatic N) is 2. The average Bonchev–Trinajstić information content (AvgIpc) is 2.62. The molecule has 2 aromatic carbocycles. The Kier molecular flexibility index (Phi) is 7.15. The Labute approximate surface area is 157 Å². The molecule has 1 aliphatic heterocycles. The van der Waals surface area contributed by atoms with Crippen LogP contribution in [-0.2, 0) is 4.74 Å². The number of phenols is 1. The third-order valence-electron chi connectivity index (χ3n) is 3.65. The van der Waals surface area contributed by atoms with E-state index >= 15 is 0 Å². The van der Waals surface area contributed by atoms with Crippen molar-refractivity contribution in [2.45, 2.75) is 25.6 Å². The normalized spacial score (nSPS) is 15.9. The van der Waals surface area contributed by atoms with Gasteiger partial charge in [-0.2, -0.15) is 8.78 Å². The van der Waals surface area contributed by atoms with Crippen molar-refractivity contribution in [1.29, 1.82) is 0 Å². The Morgan fingerprint density at radius 1 is 1.00 bits per heavy atom. The number of nitro groups is 2. The lowest BCUT2D eigenvalue weighted by atomic mass is 10.2. The van der Waals surface area contributed by atoms with Crippen molar-refractivity contribution < 1.29 is 33.2 Å². The number of phenolic OH excluding ortho intramolecular Hbond substituents is 1. The summed E-state index contributed by atoms with van der Waals surface area (Å²) in [6, 6.07) is 6.13. The van der Waals surface area contributed by atoms with Gasteiger partial charge in [0.05, 0.1) is 16.5 Å². The molecule has 0 aliphatic carbocycles. The van der Waals surface area contributed by atoms with Gasteiger partial charge in [-0.15, -0.1) is 0 Å². The number of halogens is 2. The zero-order valence-corrected chi connectivity index (χ0v) is 14.4. The number of aromatic hydroxyl groups is 1. The van der Waals surface area contributed by atoms with Gasteiger partial charge < -0.3 is 14.6 Å². The maximum Gasteiger partial charge on any atom is 0.305 e. The predicted molar refractivity (Wildman–Crippen MR) is 92.0 cm³/mol. The molecule has 11 heteroatoms. The fraction of sp³-hybridized carbons (Fsp3) is 0.294. The molecule has 1 unspecified atom stereocenters. The minimum Gasteiger partial charge on any atom is -0.508 e. The maximum absolute atomic E-state index is 13.3. The van der Waals surface area contributed by atoms with Crippen LogP contribution in [-0.4, -0.2) is 27.9 Å². The minimum absolute atomic E-state index is 0.250. The summed E-state index contributed by atoms with van der Waals surface area (Å²) < 4.78 is 36.5. The van der Waals surface area contributed by atoms with Gasteiger partial charge in [0, 0.05) is 30.7 Å². The van der Waals surface area contributed by atoms with E-state index in [4.69, 9.17) is 14.6 Å². The molecular formula is C17H16F2N2O7. The molecule has 0 aromatic heterocycles. The van der Waals surface area contributed by atoms with Crippen molar-refractivity contribution in [1.82, 2.24) is 0 Å². The summed E-state index contributed by atoms with van der Waals surface area (Å²) in [4.78, 5) is 18.8. The molecule has 1 saturated heterocycles. The highest BCUT2D eigenvalue weighted by molar-refractivity contribution is 5.38.